The molecule has 0 aliphatic carbocycles. The highest BCUT2D eigenvalue weighted by Gasteiger charge is 2.21. The molecule has 0 aliphatic rings. The number of hydrogen-bond donors (Lipinski definition) is 3. The number of hydrogen-bond acceptors (Lipinski definition) is 6. The Morgan fingerprint density at radius 2 is 1.41 bits per heavy atom. The smallest absolute Gasteiger partial charge is 0.0879 e. The van der Waals surface area contributed by atoms with Crippen molar-refractivity contribution in [2.45, 2.75) is 6.42 Å². The number of nitrogens with one attached hydrogen (secondary N) is 2. The Morgan fingerprint density at radius 3 is 1.88 bits per heavy atom. The largest absolute Gasteiger partial charge is 0.329 e. The Bertz CT molecular complexity index is 163. The van der Waals surface area contributed by atoms with Gasteiger partial charge in [0.15, 0.2) is 0 Å². The van der Waals surface area contributed by atoms with Crippen molar-refractivity contribution in [3.63, 3.8) is 0 Å². The Balaban J connectivity index is 3.43. The molecule has 0 heterocycles. The first-order valence-corrected chi connectivity index (χ1v) is 7.41. The van der Waals surface area contributed by atoms with E-state index in [1.165, 1.54) is 0 Å². The first-order chi connectivity index (χ1) is 8.24. The summed E-state index contributed by atoms with van der Waals surface area (Å²) in [6, 6.07) is 0. The Kier molecular flexibility index (Phi) is 11.3. The first-order valence-electron chi connectivity index (χ1n) is 5.84. The van der Waals surface area contributed by atoms with E-state index in [0.29, 0.717) is 6.54 Å². The van der Waals surface area contributed by atoms with Crippen LogP contribution in [0.5, 0.6) is 0 Å². The molecule has 0 amide bonds. The van der Waals surface area contributed by atoms with E-state index >= 15 is 0 Å². The van der Waals surface area contributed by atoms with Crippen LogP contribution in [0.3, 0.4) is 0 Å². The minimum absolute atomic E-state index is 0.682. The highest BCUT2D eigenvalue weighted by molar-refractivity contribution is 8.21. The maximum atomic E-state index is 5.36. The molecule has 0 saturated carbocycles. The van der Waals surface area contributed by atoms with Crippen molar-refractivity contribution in [2.75, 3.05) is 59.8 Å². The molecule has 4 N–H and O–H groups in total. The van der Waals surface area contributed by atoms with Crippen molar-refractivity contribution in [3.8, 4) is 0 Å². The normalized spacial score (nSPS) is 12.9. The summed E-state index contributed by atoms with van der Waals surface area (Å²) < 4.78 is 15.8. The van der Waals surface area contributed by atoms with Gasteiger partial charge in [-0.15, -0.1) is 0 Å². The van der Waals surface area contributed by atoms with Crippen LogP contribution < -0.4 is 16.4 Å². The predicted molar refractivity (Wildman–Crippen MR) is 72.9 cm³/mol. The molecule has 0 aromatic heterocycles. The molecule has 17 heavy (non-hydrogen) atoms. The molecule has 0 spiro atoms. The second-order valence-corrected chi connectivity index (χ2v) is 5.93. The van der Waals surface area contributed by atoms with Gasteiger partial charge in [-0.25, -0.2) is 0 Å². The third-order valence-electron chi connectivity index (χ3n) is 2.31. The van der Waals surface area contributed by atoms with Gasteiger partial charge in [-0.1, -0.05) is 0 Å². The van der Waals surface area contributed by atoms with Crippen LogP contribution in [0.25, 0.3) is 0 Å². The van der Waals surface area contributed by atoms with Crippen LogP contribution in [0.4, 0.5) is 0 Å². The van der Waals surface area contributed by atoms with Gasteiger partial charge in [-0.05, 0) is 13.0 Å². The molecule has 0 bridgehead atoms. The molecule has 0 saturated heterocycles. The summed E-state index contributed by atoms with van der Waals surface area (Å²) in [5.41, 5.74) is 5.36. The van der Waals surface area contributed by atoms with Crippen molar-refractivity contribution >= 4 is 10.9 Å². The average Bonchev–Trinajstić information content (AvgIpc) is 2.38. The van der Waals surface area contributed by atoms with Crippen LogP contribution >= 0.6 is 10.9 Å². The zero-order valence-electron chi connectivity index (χ0n) is 11.2. The number of nitrogens with two attached hydrogens (primary N) is 1. The average molecular weight is 269 g/mol. The molecular weight excluding hydrogens is 242 g/mol. The fourth-order valence-electron chi connectivity index (χ4n) is 1.36. The molecule has 106 valence electrons. The van der Waals surface area contributed by atoms with Crippen LogP contribution in [-0.4, -0.2) is 59.8 Å². The van der Waals surface area contributed by atoms with Gasteiger partial charge in [0.05, 0.1) is 32.2 Å². The van der Waals surface area contributed by atoms with Gasteiger partial charge < -0.3 is 16.4 Å². The van der Waals surface area contributed by atoms with Crippen molar-refractivity contribution in [1.29, 1.82) is 0 Å². The third kappa shape index (κ3) is 7.93. The summed E-state index contributed by atoms with van der Waals surface area (Å²) in [6.07, 6.45) is 0.960. The quantitative estimate of drug-likeness (QED) is 0.433. The van der Waals surface area contributed by atoms with E-state index in [4.69, 9.17) is 18.3 Å². The Morgan fingerprint density at radius 1 is 0.882 bits per heavy atom. The van der Waals surface area contributed by atoms with Gasteiger partial charge in [-0.2, -0.15) is 0 Å². The second-order valence-electron chi connectivity index (χ2n) is 3.40. The van der Waals surface area contributed by atoms with Crippen LogP contribution in [-0.2, 0) is 12.5 Å². The second kappa shape index (κ2) is 11.2. The predicted octanol–water partition coefficient (Wildman–Crippen LogP) is 0.00320. The summed E-state index contributed by atoms with van der Waals surface area (Å²) in [5.74, 6) is 0.778. The van der Waals surface area contributed by atoms with Crippen LogP contribution in [0.15, 0.2) is 0 Å². The molecule has 0 aliphatic heterocycles. The van der Waals surface area contributed by atoms with Crippen LogP contribution in [0, 0.1) is 0 Å². The van der Waals surface area contributed by atoms with E-state index < -0.39 is 10.9 Å². The lowest BCUT2D eigenvalue weighted by Gasteiger charge is -2.33. The molecule has 0 rings (SSSR count). The van der Waals surface area contributed by atoms with Gasteiger partial charge in [0.1, 0.15) is 0 Å². The van der Waals surface area contributed by atoms with E-state index in [2.05, 4.69) is 10.6 Å². The summed E-state index contributed by atoms with van der Waals surface area (Å²) >= 11 is 0. The minimum atomic E-state index is -1.78. The fraction of sp³-hybridized carbons (Fsp3) is 1.00. The molecular formula is C10H27N3O3S. The molecule has 0 aromatic rings. The zero-order valence-corrected chi connectivity index (χ0v) is 12.0. The van der Waals surface area contributed by atoms with Gasteiger partial charge in [0.25, 0.3) is 0 Å². The molecule has 0 aromatic carbocycles. The summed E-state index contributed by atoms with van der Waals surface area (Å²) in [4.78, 5) is 0. The van der Waals surface area contributed by atoms with Gasteiger partial charge in [-0.3, -0.25) is 12.5 Å². The van der Waals surface area contributed by atoms with E-state index in [0.717, 1.165) is 38.4 Å². The molecule has 0 unspecified atom stereocenters. The highest BCUT2D eigenvalue weighted by Crippen LogP contribution is 2.49. The van der Waals surface area contributed by atoms with Gasteiger partial charge in [0, 0.05) is 31.9 Å². The van der Waals surface area contributed by atoms with Crippen molar-refractivity contribution in [3.05, 3.63) is 0 Å². The highest BCUT2D eigenvalue weighted by atomic mass is 32.3. The van der Waals surface area contributed by atoms with Crippen LogP contribution in [0.1, 0.15) is 6.42 Å². The summed E-state index contributed by atoms with van der Waals surface area (Å²) in [5, 5.41) is 6.55. The molecule has 7 heteroatoms. The third-order valence-corrected chi connectivity index (χ3v) is 4.62. The Hall–Kier alpha value is 0.110. The SMILES string of the molecule is COS(CCCNCCNCCN)(OC)OC. The topological polar surface area (TPSA) is 77.8 Å². The first kappa shape index (κ1) is 17.1. The van der Waals surface area contributed by atoms with Crippen molar-refractivity contribution in [1.82, 2.24) is 10.6 Å². The molecule has 0 atom stereocenters. The van der Waals surface area contributed by atoms with E-state index in [-0.39, 0.29) is 0 Å². The monoisotopic (exact) mass is 269 g/mol. The van der Waals surface area contributed by atoms with E-state index in [1.807, 2.05) is 0 Å². The zero-order chi connectivity index (χ0) is 13.0. The minimum Gasteiger partial charge on any atom is -0.329 e. The Labute approximate surface area is 106 Å². The van der Waals surface area contributed by atoms with Crippen molar-refractivity contribution in [2.24, 2.45) is 5.73 Å². The lowest BCUT2D eigenvalue weighted by Crippen LogP contribution is -2.31. The van der Waals surface area contributed by atoms with E-state index in [9.17, 15) is 0 Å². The van der Waals surface area contributed by atoms with Gasteiger partial charge in [0.2, 0.25) is 0 Å². The summed E-state index contributed by atoms with van der Waals surface area (Å²) in [7, 11) is 3.07. The lowest BCUT2D eigenvalue weighted by molar-refractivity contribution is 0.247. The summed E-state index contributed by atoms with van der Waals surface area (Å²) in [6.45, 7) is 4.35. The van der Waals surface area contributed by atoms with E-state index in [1.54, 1.807) is 21.3 Å². The van der Waals surface area contributed by atoms with Crippen LogP contribution in [0.2, 0.25) is 0 Å². The maximum absolute atomic E-state index is 5.36. The van der Waals surface area contributed by atoms with Gasteiger partial charge >= 0.3 is 0 Å². The lowest BCUT2D eigenvalue weighted by atomic mass is 10.4. The standard InChI is InChI=1S/C10H27N3O3S/c1-14-17(15-2,16-3)10-4-6-12-8-9-13-7-5-11/h12-13H,4-11H2,1-3H3. The molecule has 6 nitrogen and oxygen atoms in total. The van der Waals surface area contributed by atoms with Crippen molar-refractivity contribution < 1.29 is 12.5 Å². The maximum Gasteiger partial charge on any atom is 0.0879 e. The fourth-order valence-corrected chi connectivity index (χ4v) is 2.76. The molecule has 0 radical (unpaired) electrons. The molecule has 0 fully saturated rings. The number of rotatable bonds is 12.